The van der Waals surface area contributed by atoms with Crippen molar-refractivity contribution in [3.05, 3.63) is 45.2 Å². The fourth-order valence-electron chi connectivity index (χ4n) is 3.59. The molecule has 1 aliphatic carbocycles. The van der Waals surface area contributed by atoms with Crippen LogP contribution in [0.25, 0.3) is 10.9 Å². The van der Waals surface area contributed by atoms with E-state index in [1.54, 1.807) is 13.0 Å². The highest BCUT2D eigenvalue weighted by Crippen LogP contribution is 2.48. The Labute approximate surface area is 186 Å². The molecule has 0 spiro atoms. The van der Waals surface area contributed by atoms with Gasteiger partial charge in [-0.1, -0.05) is 18.5 Å². The molecule has 0 saturated heterocycles. The van der Waals surface area contributed by atoms with Crippen molar-refractivity contribution in [1.82, 2.24) is 5.16 Å². The predicted octanol–water partition coefficient (Wildman–Crippen LogP) is 5.84. The number of nitrogens with one attached hydrogen (secondary N) is 2. The van der Waals surface area contributed by atoms with Crippen LogP contribution in [0.4, 0.5) is 25.8 Å². The van der Waals surface area contributed by atoms with Gasteiger partial charge in [-0.25, -0.2) is 17.2 Å². The van der Waals surface area contributed by atoms with Gasteiger partial charge < -0.3 is 9.84 Å². The van der Waals surface area contributed by atoms with E-state index >= 15 is 4.39 Å². The molecule has 4 rings (SSSR count). The zero-order valence-corrected chi connectivity index (χ0v) is 19.3. The lowest BCUT2D eigenvalue weighted by Gasteiger charge is -2.20. The number of nitrogens with zero attached hydrogens (tertiary/aromatic N) is 1. The molecular weight excluding hydrogens is 527 g/mol. The summed E-state index contributed by atoms with van der Waals surface area (Å²) >= 11 is 1.97. The molecule has 0 radical (unpaired) electrons. The molecule has 0 unspecified atom stereocenters. The molecule has 3 aromatic rings. The van der Waals surface area contributed by atoms with Crippen molar-refractivity contribution in [3.63, 3.8) is 0 Å². The third-order valence-corrected chi connectivity index (χ3v) is 8.32. The first-order valence-electron chi connectivity index (χ1n) is 9.50. The second-order valence-electron chi connectivity index (χ2n) is 7.54. The molecule has 0 atom stereocenters. The fraction of sp³-hybridized carbons (Fsp3) is 0.350. The highest BCUT2D eigenvalue weighted by atomic mass is 127. The Morgan fingerprint density at radius 2 is 1.97 bits per heavy atom. The van der Waals surface area contributed by atoms with Gasteiger partial charge in [0.05, 0.1) is 16.1 Å². The Kier molecular flexibility index (Phi) is 5.41. The molecule has 2 aromatic carbocycles. The number of halogens is 3. The van der Waals surface area contributed by atoms with E-state index in [1.807, 2.05) is 29.5 Å². The van der Waals surface area contributed by atoms with Crippen LogP contribution in [0.3, 0.4) is 0 Å². The van der Waals surface area contributed by atoms with Crippen molar-refractivity contribution in [3.8, 4) is 0 Å². The Morgan fingerprint density at radius 1 is 1.23 bits per heavy atom. The molecule has 30 heavy (non-hydrogen) atoms. The van der Waals surface area contributed by atoms with Gasteiger partial charge in [0, 0.05) is 8.96 Å². The minimum Gasteiger partial charge on any atom is -0.360 e. The number of benzene rings is 2. The second kappa shape index (κ2) is 7.63. The lowest BCUT2D eigenvalue weighted by Crippen LogP contribution is -2.30. The summed E-state index contributed by atoms with van der Waals surface area (Å²) < 4.78 is 63.4. The summed E-state index contributed by atoms with van der Waals surface area (Å²) in [5.74, 6) is -1.05. The van der Waals surface area contributed by atoms with Crippen LogP contribution in [0, 0.1) is 22.1 Å². The lowest BCUT2D eigenvalue weighted by atomic mass is 10.1. The van der Waals surface area contributed by atoms with E-state index in [9.17, 15) is 12.8 Å². The standard InChI is InChI=1S/C20H20F2IN3O3S/c1-3-6-20(7-8-20)30(27,28)26-16-10-13-11(2)29-25-18(13)17(22)19(16)24-15-5-4-12(23)9-14(15)21/h4-5,9-10,24,26H,3,6-8H2,1-2H3. The molecule has 6 nitrogen and oxygen atoms in total. The summed E-state index contributed by atoms with van der Waals surface area (Å²) in [6.07, 6.45) is 2.36. The number of rotatable bonds is 7. The van der Waals surface area contributed by atoms with Gasteiger partial charge >= 0.3 is 0 Å². The SMILES string of the molecule is CCCC1(S(=O)(=O)Nc2cc3c(C)onc3c(F)c2Nc2ccc(I)cc2F)CC1. The van der Waals surface area contributed by atoms with Crippen molar-refractivity contribution in [2.45, 2.75) is 44.3 Å². The van der Waals surface area contributed by atoms with E-state index in [4.69, 9.17) is 4.52 Å². The van der Waals surface area contributed by atoms with Gasteiger partial charge in [-0.2, -0.15) is 0 Å². The molecule has 2 N–H and O–H groups in total. The summed E-state index contributed by atoms with van der Waals surface area (Å²) in [4.78, 5) is 0. The maximum Gasteiger partial charge on any atom is 0.238 e. The number of aromatic nitrogens is 1. The number of fused-ring (bicyclic) bond motifs is 1. The smallest absolute Gasteiger partial charge is 0.238 e. The summed E-state index contributed by atoms with van der Waals surface area (Å²) in [5.41, 5.74) is -0.249. The van der Waals surface area contributed by atoms with Crippen LogP contribution in [0.15, 0.2) is 28.8 Å². The number of sulfonamides is 1. The zero-order chi connectivity index (χ0) is 21.7. The number of hydrogen-bond acceptors (Lipinski definition) is 5. The molecular formula is C20H20F2IN3O3S. The monoisotopic (exact) mass is 547 g/mol. The van der Waals surface area contributed by atoms with Crippen LogP contribution in [0.2, 0.25) is 0 Å². The largest absolute Gasteiger partial charge is 0.360 e. The Bertz CT molecular complexity index is 1240. The molecule has 0 amide bonds. The van der Waals surface area contributed by atoms with Crippen LogP contribution in [-0.2, 0) is 10.0 Å². The topological polar surface area (TPSA) is 84.2 Å². The molecule has 1 saturated carbocycles. The van der Waals surface area contributed by atoms with Gasteiger partial charge in [0.1, 0.15) is 17.3 Å². The maximum absolute atomic E-state index is 15.3. The highest BCUT2D eigenvalue weighted by Gasteiger charge is 2.53. The number of hydrogen-bond donors (Lipinski definition) is 2. The molecule has 1 aliphatic rings. The van der Waals surface area contributed by atoms with Crippen molar-refractivity contribution in [1.29, 1.82) is 0 Å². The summed E-state index contributed by atoms with van der Waals surface area (Å²) in [6.45, 7) is 3.53. The van der Waals surface area contributed by atoms with E-state index < -0.39 is 26.4 Å². The molecule has 160 valence electrons. The minimum atomic E-state index is -3.78. The van der Waals surface area contributed by atoms with Gasteiger partial charge in [0.15, 0.2) is 11.3 Å². The minimum absolute atomic E-state index is 0.00775. The van der Waals surface area contributed by atoms with Gasteiger partial charge in [-0.3, -0.25) is 4.72 Å². The lowest BCUT2D eigenvalue weighted by molar-refractivity contribution is 0.403. The summed E-state index contributed by atoms with van der Waals surface area (Å²) in [5, 5.41) is 6.77. The molecule has 0 aliphatic heterocycles. The maximum atomic E-state index is 15.3. The van der Waals surface area contributed by atoms with Crippen LogP contribution >= 0.6 is 22.6 Å². The Hall–Kier alpha value is -1.95. The average Bonchev–Trinajstić information content (AvgIpc) is 3.38. The quantitative estimate of drug-likeness (QED) is 0.364. The van der Waals surface area contributed by atoms with Crippen LogP contribution < -0.4 is 10.0 Å². The van der Waals surface area contributed by atoms with Crippen molar-refractivity contribution < 1.29 is 21.7 Å². The number of anilines is 3. The van der Waals surface area contributed by atoms with Gasteiger partial charge in [0.2, 0.25) is 10.0 Å². The van der Waals surface area contributed by atoms with E-state index in [0.29, 0.717) is 34.0 Å². The first kappa shape index (κ1) is 21.3. The van der Waals surface area contributed by atoms with E-state index in [1.165, 1.54) is 18.2 Å². The first-order valence-corrected chi connectivity index (χ1v) is 12.1. The molecule has 0 bridgehead atoms. The Balaban J connectivity index is 1.83. The molecule has 10 heteroatoms. The second-order valence-corrected chi connectivity index (χ2v) is 10.9. The average molecular weight is 547 g/mol. The van der Waals surface area contributed by atoms with Crippen molar-refractivity contribution >= 4 is 60.6 Å². The number of aryl methyl sites for hydroxylation is 1. The van der Waals surface area contributed by atoms with Gasteiger partial charge in [0.25, 0.3) is 0 Å². The van der Waals surface area contributed by atoms with Gasteiger partial charge in [-0.15, -0.1) is 0 Å². The Morgan fingerprint density at radius 3 is 2.60 bits per heavy atom. The third-order valence-electron chi connectivity index (χ3n) is 5.41. The fourth-order valence-corrected chi connectivity index (χ4v) is 5.82. The van der Waals surface area contributed by atoms with Crippen LogP contribution in [0.5, 0.6) is 0 Å². The third kappa shape index (κ3) is 3.64. The van der Waals surface area contributed by atoms with Crippen LogP contribution in [0.1, 0.15) is 38.4 Å². The van der Waals surface area contributed by atoms with E-state index in [0.717, 1.165) is 6.42 Å². The van der Waals surface area contributed by atoms with Crippen molar-refractivity contribution in [2.75, 3.05) is 10.0 Å². The molecule has 1 heterocycles. The molecule has 1 fully saturated rings. The van der Waals surface area contributed by atoms with E-state index in [2.05, 4.69) is 15.2 Å². The highest BCUT2D eigenvalue weighted by molar-refractivity contribution is 14.1. The summed E-state index contributed by atoms with van der Waals surface area (Å²) in [7, 11) is -3.78. The molecule has 1 aromatic heterocycles. The first-order chi connectivity index (χ1) is 14.2. The van der Waals surface area contributed by atoms with Gasteiger partial charge in [-0.05, 0) is 73.0 Å². The summed E-state index contributed by atoms with van der Waals surface area (Å²) in [6, 6.07) is 5.89. The van der Waals surface area contributed by atoms with Crippen molar-refractivity contribution in [2.24, 2.45) is 0 Å². The van der Waals surface area contributed by atoms with E-state index in [-0.39, 0.29) is 22.6 Å². The zero-order valence-electron chi connectivity index (χ0n) is 16.4. The normalized spacial score (nSPS) is 15.4. The van der Waals surface area contributed by atoms with Crippen LogP contribution in [-0.4, -0.2) is 18.3 Å². The predicted molar refractivity (Wildman–Crippen MR) is 121 cm³/mol.